The number of halogens is 7. The van der Waals surface area contributed by atoms with E-state index in [9.17, 15) is 34.8 Å². The third-order valence-corrected chi connectivity index (χ3v) is 5.86. The fourth-order valence-corrected chi connectivity index (χ4v) is 4.38. The molecule has 25 heavy (non-hydrogen) atoms. The predicted octanol–water partition coefficient (Wildman–Crippen LogP) is 4.76. The Labute approximate surface area is 145 Å². The molecule has 0 amide bonds. The SMILES string of the molecule is O=S(=O)(NC1CCCCC1C(F)(F)F)c1ccc(Cl)c(C(F)(F)F)c1. The number of sulfonamides is 1. The molecule has 2 atom stereocenters. The lowest BCUT2D eigenvalue weighted by Gasteiger charge is -2.33. The number of benzene rings is 1. The van der Waals surface area contributed by atoms with Crippen LogP contribution in [0.4, 0.5) is 26.3 Å². The van der Waals surface area contributed by atoms with Crippen LogP contribution in [0.2, 0.25) is 5.02 Å². The molecule has 0 bridgehead atoms. The maximum absolute atomic E-state index is 13.0. The van der Waals surface area contributed by atoms with Crippen LogP contribution in [0.3, 0.4) is 0 Å². The van der Waals surface area contributed by atoms with E-state index in [1.807, 2.05) is 4.72 Å². The van der Waals surface area contributed by atoms with Gasteiger partial charge in [-0.1, -0.05) is 24.4 Å². The van der Waals surface area contributed by atoms with Gasteiger partial charge in [0, 0.05) is 6.04 Å². The second kappa shape index (κ2) is 6.96. The molecule has 1 fully saturated rings. The van der Waals surface area contributed by atoms with Crippen LogP contribution < -0.4 is 4.72 Å². The van der Waals surface area contributed by atoms with Crippen molar-refractivity contribution in [3.63, 3.8) is 0 Å². The van der Waals surface area contributed by atoms with Gasteiger partial charge in [-0.2, -0.15) is 26.3 Å². The molecule has 1 aliphatic carbocycles. The Bertz CT molecular complexity index is 732. The summed E-state index contributed by atoms with van der Waals surface area (Å²) in [4.78, 5) is -0.782. The molecule has 1 aromatic carbocycles. The molecular formula is C14H14ClF6NO2S. The lowest BCUT2D eigenvalue weighted by molar-refractivity contribution is -0.187. The van der Waals surface area contributed by atoms with Crippen molar-refractivity contribution in [3.8, 4) is 0 Å². The Hall–Kier alpha value is -1.00. The van der Waals surface area contributed by atoms with Crippen molar-refractivity contribution in [2.45, 2.75) is 49.0 Å². The van der Waals surface area contributed by atoms with E-state index in [1.165, 1.54) is 0 Å². The zero-order chi connectivity index (χ0) is 19.0. The zero-order valence-electron chi connectivity index (χ0n) is 12.6. The van der Waals surface area contributed by atoms with Gasteiger partial charge < -0.3 is 0 Å². The van der Waals surface area contributed by atoms with E-state index < -0.39 is 49.8 Å². The Kier molecular flexibility index (Phi) is 5.65. The van der Waals surface area contributed by atoms with Crippen molar-refractivity contribution >= 4 is 21.6 Å². The summed E-state index contributed by atoms with van der Waals surface area (Å²) in [5.74, 6) is -1.87. The summed E-state index contributed by atoms with van der Waals surface area (Å²) >= 11 is 5.42. The molecule has 0 spiro atoms. The van der Waals surface area contributed by atoms with E-state index in [1.54, 1.807) is 0 Å². The molecular weight excluding hydrogens is 396 g/mol. The quantitative estimate of drug-likeness (QED) is 0.732. The summed E-state index contributed by atoms with van der Waals surface area (Å²) in [5, 5.41) is -0.697. The van der Waals surface area contributed by atoms with Gasteiger partial charge in [-0.3, -0.25) is 0 Å². The molecule has 1 aliphatic rings. The third kappa shape index (κ3) is 4.79. The first-order valence-corrected chi connectivity index (χ1v) is 9.14. The topological polar surface area (TPSA) is 46.2 Å². The van der Waals surface area contributed by atoms with E-state index in [2.05, 4.69) is 0 Å². The van der Waals surface area contributed by atoms with Crippen molar-refractivity contribution in [3.05, 3.63) is 28.8 Å². The van der Waals surface area contributed by atoms with Crippen LogP contribution in [-0.2, 0) is 16.2 Å². The monoisotopic (exact) mass is 409 g/mol. The summed E-state index contributed by atoms with van der Waals surface area (Å²) in [6, 6.07) is 0.478. The van der Waals surface area contributed by atoms with Gasteiger partial charge in [-0.25, -0.2) is 13.1 Å². The molecule has 1 aromatic rings. The predicted molar refractivity (Wildman–Crippen MR) is 78.6 cm³/mol. The lowest BCUT2D eigenvalue weighted by atomic mass is 9.85. The Morgan fingerprint density at radius 1 is 1.04 bits per heavy atom. The molecule has 0 aliphatic heterocycles. The fourth-order valence-electron chi connectivity index (χ4n) is 2.82. The first-order valence-electron chi connectivity index (χ1n) is 7.28. The lowest BCUT2D eigenvalue weighted by Crippen LogP contribution is -2.47. The van der Waals surface area contributed by atoms with Crippen LogP contribution in [0.5, 0.6) is 0 Å². The van der Waals surface area contributed by atoms with Gasteiger partial charge in [0.15, 0.2) is 0 Å². The number of hydrogen-bond donors (Lipinski definition) is 1. The second-order valence-corrected chi connectivity index (χ2v) is 7.92. The van der Waals surface area contributed by atoms with E-state index in [-0.39, 0.29) is 12.8 Å². The molecule has 0 radical (unpaired) electrons. The molecule has 2 rings (SSSR count). The summed E-state index contributed by atoms with van der Waals surface area (Å²) in [6.45, 7) is 0. The fraction of sp³-hybridized carbons (Fsp3) is 0.571. The molecule has 1 saturated carbocycles. The summed E-state index contributed by atoms with van der Waals surface area (Å²) in [5.41, 5.74) is -1.37. The third-order valence-electron chi connectivity index (χ3n) is 4.05. The molecule has 11 heteroatoms. The average molecular weight is 410 g/mol. The van der Waals surface area contributed by atoms with E-state index in [0.29, 0.717) is 18.9 Å². The van der Waals surface area contributed by atoms with Crippen molar-refractivity contribution in [1.82, 2.24) is 4.72 Å². The Morgan fingerprint density at radius 3 is 2.20 bits per heavy atom. The molecule has 2 unspecified atom stereocenters. The Morgan fingerprint density at radius 2 is 1.64 bits per heavy atom. The van der Waals surface area contributed by atoms with Gasteiger partial charge in [0.05, 0.1) is 21.4 Å². The molecule has 0 heterocycles. The van der Waals surface area contributed by atoms with Gasteiger partial charge in [-0.05, 0) is 31.0 Å². The normalized spacial score (nSPS) is 22.8. The number of nitrogens with one attached hydrogen (secondary N) is 1. The first-order chi connectivity index (χ1) is 11.3. The smallest absolute Gasteiger partial charge is 0.207 e. The maximum atomic E-state index is 13.0. The van der Waals surface area contributed by atoms with Crippen molar-refractivity contribution in [2.24, 2.45) is 5.92 Å². The highest BCUT2D eigenvalue weighted by atomic mass is 35.5. The highest BCUT2D eigenvalue weighted by molar-refractivity contribution is 7.89. The first kappa shape index (κ1) is 20.3. The maximum Gasteiger partial charge on any atom is 0.417 e. The summed E-state index contributed by atoms with van der Waals surface area (Å²) in [7, 11) is -4.56. The number of alkyl halides is 6. The highest BCUT2D eigenvalue weighted by Gasteiger charge is 2.46. The van der Waals surface area contributed by atoms with Crippen molar-refractivity contribution < 1.29 is 34.8 Å². The van der Waals surface area contributed by atoms with Gasteiger partial charge in [0.25, 0.3) is 0 Å². The summed E-state index contributed by atoms with van der Waals surface area (Å²) in [6.07, 6.45) is -9.04. The Balaban J connectivity index is 2.33. The average Bonchev–Trinajstić information content (AvgIpc) is 2.45. The number of rotatable bonds is 3. The van der Waals surface area contributed by atoms with Crippen LogP contribution in [0.25, 0.3) is 0 Å². The minimum atomic E-state index is -4.89. The highest BCUT2D eigenvalue weighted by Crippen LogP contribution is 2.39. The van der Waals surface area contributed by atoms with Gasteiger partial charge in [0.2, 0.25) is 10.0 Å². The van der Waals surface area contributed by atoms with Crippen LogP contribution in [0, 0.1) is 5.92 Å². The van der Waals surface area contributed by atoms with E-state index in [0.717, 1.165) is 12.1 Å². The van der Waals surface area contributed by atoms with Crippen molar-refractivity contribution in [1.29, 1.82) is 0 Å². The minimum Gasteiger partial charge on any atom is -0.207 e. The minimum absolute atomic E-state index is 0.0386. The van der Waals surface area contributed by atoms with Crippen molar-refractivity contribution in [2.75, 3.05) is 0 Å². The molecule has 3 nitrogen and oxygen atoms in total. The van der Waals surface area contributed by atoms with Crippen LogP contribution in [0.1, 0.15) is 31.2 Å². The van der Waals surface area contributed by atoms with Crippen LogP contribution in [-0.4, -0.2) is 20.6 Å². The van der Waals surface area contributed by atoms with Gasteiger partial charge in [-0.15, -0.1) is 0 Å². The van der Waals surface area contributed by atoms with Crippen LogP contribution >= 0.6 is 11.6 Å². The van der Waals surface area contributed by atoms with Crippen LogP contribution in [0.15, 0.2) is 23.1 Å². The van der Waals surface area contributed by atoms with Gasteiger partial charge in [0.1, 0.15) is 0 Å². The van der Waals surface area contributed by atoms with Gasteiger partial charge >= 0.3 is 12.4 Å². The van der Waals surface area contributed by atoms with E-state index >= 15 is 0 Å². The summed E-state index contributed by atoms with van der Waals surface area (Å²) < 4.78 is 104. The molecule has 142 valence electrons. The second-order valence-electron chi connectivity index (χ2n) is 5.80. The molecule has 1 N–H and O–H groups in total. The molecule has 0 saturated heterocycles. The zero-order valence-corrected chi connectivity index (χ0v) is 14.2. The molecule has 0 aromatic heterocycles. The largest absolute Gasteiger partial charge is 0.417 e. The number of hydrogen-bond acceptors (Lipinski definition) is 2. The van der Waals surface area contributed by atoms with E-state index in [4.69, 9.17) is 11.6 Å². The standard InChI is InChI=1S/C14H14ClF6NO2S/c15-11-6-5-8(7-10(11)14(19,20)21)25(23,24)22-12-4-2-1-3-9(12)13(16,17)18/h5-7,9,12,22H,1-4H2.